The summed E-state index contributed by atoms with van der Waals surface area (Å²) in [6.07, 6.45) is 4.22. The van der Waals surface area contributed by atoms with Crippen molar-refractivity contribution in [2.24, 2.45) is 10.1 Å². The van der Waals surface area contributed by atoms with Crippen LogP contribution in [0.2, 0.25) is 0 Å². The number of carbonyl (C=O) groups is 1. The molecule has 8 heteroatoms. The van der Waals surface area contributed by atoms with Gasteiger partial charge in [-0.05, 0) is 37.8 Å². The molecule has 1 fully saturated rings. The molecule has 0 radical (unpaired) electrons. The van der Waals surface area contributed by atoms with Crippen molar-refractivity contribution < 1.29 is 13.2 Å². The molecule has 0 saturated carbocycles. The quantitative estimate of drug-likeness (QED) is 0.830. The van der Waals surface area contributed by atoms with Crippen LogP contribution in [0.3, 0.4) is 0 Å². The number of hydrogen-bond acceptors (Lipinski definition) is 5. The third-order valence-electron chi connectivity index (χ3n) is 5.08. The van der Waals surface area contributed by atoms with E-state index in [-0.39, 0.29) is 16.8 Å². The van der Waals surface area contributed by atoms with Crippen molar-refractivity contribution in [2.75, 3.05) is 26.7 Å². The number of carbonyl (C=O) groups excluding carboxylic acids is 1. The van der Waals surface area contributed by atoms with Crippen LogP contribution in [-0.2, 0) is 14.8 Å². The smallest absolute Gasteiger partial charge is 0.285 e. The second-order valence-electron chi connectivity index (χ2n) is 6.88. The Morgan fingerprint density at radius 1 is 1.35 bits per heavy atom. The van der Waals surface area contributed by atoms with E-state index in [1.165, 1.54) is 0 Å². The van der Waals surface area contributed by atoms with Crippen LogP contribution in [-0.4, -0.2) is 62.7 Å². The van der Waals surface area contributed by atoms with E-state index in [0.717, 1.165) is 25.8 Å². The Labute approximate surface area is 154 Å². The molecule has 3 rings (SSSR count). The van der Waals surface area contributed by atoms with Gasteiger partial charge in [0, 0.05) is 44.7 Å². The Kier molecular flexibility index (Phi) is 5.62. The van der Waals surface area contributed by atoms with Crippen molar-refractivity contribution in [3.8, 4) is 0 Å². The summed E-state index contributed by atoms with van der Waals surface area (Å²) in [6, 6.07) is 6.99. The molecule has 0 bridgehead atoms. The van der Waals surface area contributed by atoms with Gasteiger partial charge in [-0.1, -0.05) is 12.1 Å². The van der Waals surface area contributed by atoms with Gasteiger partial charge in [-0.25, -0.2) is 0 Å². The molecule has 26 heavy (non-hydrogen) atoms. The first-order valence-corrected chi connectivity index (χ1v) is 10.5. The molecule has 1 amide bonds. The van der Waals surface area contributed by atoms with Gasteiger partial charge < -0.3 is 15.5 Å². The van der Waals surface area contributed by atoms with Gasteiger partial charge in [0.2, 0.25) is 5.91 Å². The maximum Gasteiger partial charge on any atom is 0.285 e. The fraction of sp³-hybridized carbons (Fsp3) is 0.556. The lowest BCUT2D eigenvalue weighted by Gasteiger charge is -2.35. The molecule has 2 N–H and O–H groups in total. The Balaban J connectivity index is 1.58. The first-order chi connectivity index (χ1) is 12.4. The number of benzene rings is 1. The number of sulfonamides is 1. The molecule has 2 heterocycles. The zero-order chi connectivity index (χ0) is 18.7. The molecule has 0 aromatic heterocycles. The maximum atomic E-state index is 12.5. The summed E-state index contributed by atoms with van der Waals surface area (Å²) in [4.78, 5) is 16.5. The Bertz CT molecular complexity index is 806. The van der Waals surface area contributed by atoms with E-state index in [1.54, 1.807) is 24.3 Å². The zero-order valence-corrected chi connectivity index (χ0v) is 15.9. The highest BCUT2D eigenvalue weighted by Crippen LogP contribution is 2.27. The number of fused-ring (bicyclic) bond motifs is 1. The van der Waals surface area contributed by atoms with Crippen molar-refractivity contribution in [2.45, 2.75) is 43.0 Å². The number of likely N-dealkylation sites (tertiary alicyclic amines) is 1. The number of amidine groups is 1. The predicted molar refractivity (Wildman–Crippen MR) is 100 cm³/mol. The minimum atomic E-state index is -3.61. The molecule has 0 spiro atoms. The van der Waals surface area contributed by atoms with E-state index in [1.807, 2.05) is 16.8 Å². The average molecular weight is 378 g/mol. The monoisotopic (exact) mass is 378 g/mol. The van der Waals surface area contributed by atoms with Crippen molar-refractivity contribution in [1.29, 1.82) is 0 Å². The van der Waals surface area contributed by atoms with Crippen molar-refractivity contribution >= 4 is 21.8 Å². The Morgan fingerprint density at radius 3 is 2.88 bits per heavy atom. The third kappa shape index (κ3) is 3.76. The molecular formula is C18H26N4O3S. The first-order valence-electron chi connectivity index (χ1n) is 9.09. The topological polar surface area (TPSA) is 96.1 Å². The Morgan fingerprint density at radius 2 is 2.12 bits per heavy atom. The van der Waals surface area contributed by atoms with Crippen LogP contribution in [0.25, 0.3) is 0 Å². The second kappa shape index (κ2) is 7.75. The van der Waals surface area contributed by atoms with E-state index in [0.29, 0.717) is 37.3 Å². The lowest BCUT2D eigenvalue weighted by Crippen LogP contribution is -2.47. The standard InChI is InChI=1S/C18H26N4O3S/c1-21(18-15-8-2-3-9-16(15)26(24,25)20-18)11-6-10-17(23)22-12-5-4-7-14(22)13-19/h2-3,8-9,14H,4-7,10-13,19H2,1H3. The van der Waals surface area contributed by atoms with Crippen LogP contribution in [0, 0.1) is 0 Å². The number of hydrogen-bond donors (Lipinski definition) is 1. The average Bonchev–Trinajstić information content (AvgIpc) is 2.93. The van der Waals surface area contributed by atoms with Crippen molar-refractivity contribution in [3.63, 3.8) is 0 Å². The van der Waals surface area contributed by atoms with Gasteiger partial charge in [0.1, 0.15) is 10.7 Å². The number of nitrogens with two attached hydrogens (primary N) is 1. The highest BCUT2D eigenvalue weighted by atomic mass is 32.2. The molecule has 1 aromatic rings. The van der Waals surface area contributed by atoms with E-state index in [9.17, 15) is 13.2 Å². The van der Waals surface area contributed by atoms with Crippen LogP contribution in [0.4, 0.5) is 0 Å². The fourth-order valence-electron chi connectivity index (χ4n) is 3.65. The van der Waals surface area contributed by atoms with Gasteiger partial charge in [0.15, 0.2) is 0 Å². The summed E-state index contributed by atoms with van der Waals surface area (Å²) in [6.45, 7) is 1.86. The highest BCUT2D eigenvalue weighted by Gasteiger charge is 2.30. The van der Waals surface area contributed by atoms with E-state index < -0.39 is 10.0 Å². The summed E-state index contributed by atoms with van der Waals surface area (Å²) >= 11 is 0. The molecule has 7 nitrogen and oxygen atoms in total. The van der Waals surface area contributed by atoms with Gasteiger partial charge in [-0.15, -0.1) is 4.40 Å². The largest absolute Gasteiger partial charge is 0.358 e. The van der Waals surface area contributed by atoms with E-state index in [4.69, 9.17) is 5.73 Å². The van der Waals surface area contributed by atoms with Gasteiger partial charge in [-0.2, -0.15) is 8.42 Å². The molecule has 1 aromatic carbocycles. The molecule has 1 saturated heterocycles. The molecule has 1 unspecified atom stereocenters. The minimum Gasteiger partial charge on any atom is -0.358 e. The lowest BCUT2D eigenvalue weighted by atomic mass is 10.0. The molecular weight excluding hydrogens is 352 g/mol. The summed E-state index contributed by atoms with van der Waals surface area (Å²) in [7, 11) is -1.80. The number of piperidine rings is 1. The van der Waals surface area contributed by atoms with E-state index in [2.05, 4.69) is 4.40 Å². The van der Waals surface area contributed by atoms with Gasteiger partial charge >= 0.3 is 0 Å². The summed E-state index contributed by atoms with van der Waals surface area (Å²) < 4.78 is 28.2. The maximum absolute atomic E-state index is 12.5. The molecule has 0 aliphatic carbocycles. The third-order valence-corrected chi connectivity index (χ3v) is 6.40. The van der Waals surface area contributed by atoms with Crippen LogP contribution in [0.1, 0.15) is 37.7 Å². The molecule has 2 aliphatic rings. The van der Waals surface area contributed by atoms with Gasteiger partial charge in [0.25, 0.3) is 10.0 Å². The van der Waals surface area contributed by atoms with Crippen LogP contribution >= 0.6 is 0 Å². The normalized spacial score (nSPS) is 21.2. The number of nitrogens with zero attached hydrogens (tertiary/aromatic N) is 3. The molecule has 1 atom stereocenters. The minimum absolute atomic E-state index is 0.134. The zero-order valence-electron chi connectivity index (χ0n) is 15.1. The van der Waals surface area contributed by atoms with Crippen LogP contribution < -0.4 is 5.73 Å². The Hall–Kier alpha value is -1.93. The summed E-state index contributed by atoms with van der Waals surface area (Å²) in [5.74, 6) is 0.584. The first kappa shape index (κ1) is 18.8. The van der Waals surface area contributed by atoms with Gasteiger partial charge in [-0.3, -0.25) is 4.79 Å². The van der Waals surface area contributed by atoms with Crippen LogP contribution in [0.15, 0.2) is 33.6 Å². The second-order valence-corrected chi connectivity index (χ2v) is 8.46. The fourth-order valence-corrected chi connectivity index (χ4v) is 4.91. The van der Waals surface area contributed by atoms with Crippen LogP contribution in [0.5, 0.6) is 0 Å². The number of rotatable bonds is 5. The number of amides is 1. The SMILES string of the molecule is CN(CCCC(=O)N1CCCCC1CN)C1=NS(=O)(=O)c2ccccc21. The highest BCUT2D eigenvalue weighted by molar-refractivity contribution is 7.90. The summed E-state index contributed by atoms with van der Waals surface area (Å²) in [5, 5.41) is 0. The predicted octanol–water partition coefficient (Wildman–Crippen LogP) is 1.19. The van der Waals surface area contributed by atoms with Gasteiger partial charge in [0.05, 0.1) is 0 Å². The molecule has 2 aliphatic heterocycles. The van der Waals surface area contributed by atoms with E-state index >= 15 is 0 Å². The van der Waals surface area contributed by atoms with Crippen molar-refractivity contribution in [3.05, 3.63) is 29.8 Å². The lowest BCUT2D eigenvalue weighted by molar-refractivity contribution is -0.134. The molecule has 142 valence electrons. The van der Waals surface area contributed by atoms with Crippen molar-refractivity contribution in [1.82, 2.24) is 9.80 Å². The summed E-state index contributed by atoms with van der Waals surface area (Å²) in [5.41, 5.74) is 6.41.